The van der Waals surface area contributed by atoms with Gasteiger partial charge in [0.25, 0.3) is 0 Å². The third-order valence-corrected chi connectivity index (χ3v) is 3.94. The lowest BCUT2D eigenvalue weighted by atomic mass is 10.2. The van der Waals surface area contributed by atoms with E-state index in [4.69, 9.17) is 16.3 Å². The lowest BCUT2D eigenvalue weighted by molar-refractivity contribution is 0.415. The molecule has 1 aromatic heterocycles. The molecule has 0 amide bonds. The van der Waals surface area contributed by atoms with Gasteiger partial charge in [-0.3, -0.25) is 0 Å². The van der Waals surface area contributed by atoms with Gasteiger partial charge >= 0.3 is 0 Å². The molecule has 0 bridgehead atoms. The molecule has 0 aliphatic carbocycles. The van der Waals surface area contributed by atoms with Gasteiger partial charge in [0.05, 0.1) is 12.1 Å². The van der Waals surface area contributed by atoms with Crippen LogP contribution in [0.15, 0.2) is 24.3 Å². The Hall–Kier alpha value is -1.61. The van der Waals surface area contributed by atoms with Crippen LogP contribution in [0.5, 0.6) is 5.75 Å². The normalized spacial score (nSPS) is 10.7. The largest absolute Gasteiger partial charge is 0.495 e. The van der Waals surface area contributed by atoms with Crippen LogP contribution in [-0.2, 0) is 13.1 Å². The summed E-state index contributed by atoms with van der Waals surface area (Å²) in [7, 11) is 1.62. The van der Waals surface area contributed by atoms with Gasteiger partial charge in [0.15, 0.2) is 0 Å². The van der Waals surface area contributed by atoms with Crippen molar-refractivity contribution in [3.8, 4) is 5.75 Å². The van der Waals surface area contributed by atoms with Gasteiger partial charge in [0, 0.05) is 36.2 Å². The van der Waals surface area contributed by atoms with Crippen LogP contribution >= 0.6 is 11.6 Å². The van der Waals surface area contributed by atoms with E-state index in [0.29, 0.717) is 10.8 Å². The number of ether oxygens (including phenoxy) is 1. The molecule has 1 N–H and O–H groups in total. The zero-order valence-corrected chi connectivity index (χ0v) is 13.2. The summed E-state index contributed by atoms with van der Waals surface area (Å²) < 4.78 is 7.54. The first-order valence-corrected chi connectivity index (χ1v) is 7.17. The van der Waals surface area contributed by atoms with Crippen molar-refractivity contribution in [1.29, 1.82) is 0 Å². The van der Waals surface area contributed by atoms with Gasteiger partial charge in [-0.05, 0) is 44.5 Å². The maximum Gasteiger partial charge on any atom is 0.139 e. The van der Waals surface area contributed by atoms with Gasteiger partial charge < -0.3 is 14.6 Å². The average molecular weight is 293 g/mol. The summed E-state index contributed by atoms with van der Waals surface area (Å²) in [5.74, 6) is 0.690. The standard InChI is InChI=1S/C16H21ClN2O/c1-5-19-11(2)8-13(12(19)3)10-18-14-6-7-15(17)16(9-14)20-4/h6-9,18H,5,10H2,1-4H3. The Morgan fingerprint density at radius 1 is 1.25 bits per heavy atom. The van der Waals surface area contributed by atoms with Crippen molar-refractivity contribution in [2.45, 2.75) is 33.9 Å². The van der Waals surface area contributed by atoms with Crippen LogP contribution in [0.1, 0.15) is 23.9 Å². The van der Waals surface area contributed by atoms with Gasteiger partial charge in [-0.1, -0.05) is 11.6 Å². The minimum Gasteiger partial charge on any atom is -0.495 e. The first-order chi connectivity index (χ1) is 9.56. The SMILES string of the molecule is CCn1c(C)cc(CNc2ccc(Cl)c(OC)c2)c1C. The van der Waals surface area contributed by atoms with Crippen LogP contribution in [-0.4, -0.2) is 11.7 Å². The summed E-state index contributed by atoms with van der Waals surface area (Å²) in [5.41, 5.74) is 4.94. The van der Waals surface area contributed by atoms with E-state index in [2.05, 4.69) is 36.7 Å². The van der Waals surface area contributed by atoms with Gasteiger partial charge in [0.2, 0.25) is 0 Å². The third-order valence-electron chi connectivity index (χ3n) is 3.63. The lowest BCUT2D eigenvalue weighted by Gasteiger charge is -2.10. The molecule has 0 spiro atoms. The number of nitrogens with one attached hydrogen (secondary N) is 1. The number of hydrogen-bond donors (Lipinski definition) is 1. The number of aromatic nitrogens is 1. The highest BCUT2D eigenvalue weighted by molar-refractivity contribution is 6.32. The van der Waals surface area contributed by atoms with Gasteiger partial charge in [0.1, 0.15) is 5.75 Å². The molecule has 1 aromatic carbocycles. The molecule has 2 aromatic rings. The van der Waals surface area contributed by atoms with Crippen molar-refractivity contribution in [2.75, 3.05) is 12.4 Å². The van der Waals surface area contributed by atoms with E-state index in [1.54, 1.807) is 7.11 Å². The molecule has 0 fully saturated rings. The van der Waals surface area contributed by atoms with E-state index in [9.17, 15) is 0 Å². The highest BCUT2D eigenvalue weighted by Crippen LogP contribution is 2.27. The Balaban J connectivity index is 2.13. The number of nitrogens with zero attached hydrogens (tertiary/aromatic N) is 1. The molecule has 20 heavy (non-hydrogen) atoms. The van der Waals surface area contributed by atoms with Gasteiger partial charge in [-0.25, -0.2) is 0 Å². The topological polar surface area (TPSA) is 26.2 Å². The Labute approximate surface area is 125 Å². The number of methoxy groups -OCH3 is 1. The fourth-order valence-corrected chi connectivity index (χ4v) is 2.70. The second kappa shape index (κ2) is 6.23. The predicted octanol–water partition coefficient (Wildman–Crippen LogP) is 4.40. The molecule has 0 atom stereocenters. The number of aryl methyl sites for hydroxylation is 1. The van der Waals surface area contributed by atoms with Crippen LogP contribution in [0.3, 0.4) is 0 Å². The molecule has 2 rings (SSSR count). The summed E-state index contributed by atoms with van der Waals surface area (Å²) in [6, 6.07) is 7.96. The van der Waals surface area contributed by atoms with E-state index in [1.807, 2.05) is 18.2 Å². The van der Waals surface area contributed by atoms with Crippen molar-refractivity contribution in [2.24, 2.45) is 0 Å². The zero-order chi connectivity index (χ0) is 14.7. The van der Waals surface area contributed by atoms with E-state index in [1.165, 1.54) is 17.0 Å². The van der Waals surface area contributed by atoms with E-state index >= 15 is 0 Å². The molecule has 108 valence electrons. The maximum absolute atomic E-state index is 6.03. The highest BCUT2D eigenvalue weighted by Gasteiger charge is 2.08. The molecule has 0 saturated heterocycles. The second-order valence-corrected chi connectivity index (χ2v) is 5.25. The molecule has 0 saturated carbocycles. The summed E-state index contributed by atoms with van der Waals surface area (Å²) >= 11 is 6.03. The molecular formula is C16H21ClN2O. The first kappa shape index (κ1) is 14.8. The zero-order valence-electron chi connectivity index (χ0n) is 12.5. The molecule has 1 heterocycles. The summed E-state index contributed by atoms with van der Waals surface area (Å²) in [6.45, 7) is 8.28. The van der Waals surface area contributed by atoms with Crippen LogP contribution in [0.4, 0.5) is 5.69 Å². The first-order valence-electron chi connectivity index (χ1n) is 6.79. The average Bonchev–Trinajstić information content (AvgIpc) is 2.72. The number of benzene rings is 1. The molecule has 0 aliphatic heterocycles. The number of anilines is 1. The fourth-order valence-electron chi connectivity index (χ4n) is 2.50. The van der Waals surface area contributed by atoms with Crippen molar-refractivity contribution >= 4 is 17.3 Å². The van der Waals surface area contributed by atoms with E-state index in [-0.39, 0.29) is 0 Å². The van der Waals surface area contributed by atoms with Crippen LogP contribution in [0.2, 0.25) is 5.02 Å². The van der Waals surface area contributed by atoms with Crippen molar-refractivity contribution in [1.82, 2.24) is 4.57 Å². The maximum atomic E-state index is 6.03. The third kappa shape index (κ3) is 2.93. The van der Waals surface area contributed by atoms with Gasteiger partial charge in [-0.2, -0.15) is 0 Å². The van der Waals surface area contributed by atoms with Gasteiger partial charge in [-0.15, -0.1) is 0 Å². The molecule has 0 aliphatic rings. The molecule has 0 unspecified atom stereocenters. The van der Waals surface area contributed by atoms with Crippen molar-refractivity contribution in [3.05, 3.63) is 46.2 Å². The summed E-state index contributed by atoms with van der Waals surface area (Å²) in [5, 5.41) is 4.04. The quantitative estimate of drug-likeness (QED) is 0.884. The molecule has 0 radical (unpaired) electrons. The van der Waals surface area contributed by atoms with Crippen LogP contribution in [0, 0.1) is 13.8 Å². The highest BCUT2D eigenvalue weighted by atomic mass is 35.5. The Morgan fingerprint density at radius 2 is 2.00 bits per heavy atom. The molecule has 4 heteroatoms. The predicted molar refractivity (Wildman–Crippen MR) is 84.9 cm³/mol. The number of hydrogen-bond acceptors (Lipinski definition) is 2. The minimum atomic E-state index is 0.627. The van der Waals surface area contributed by atoms with E-state index < -0.39 is 0 Å². The molecule has 3 nitrogen and oxygen atoms in total. The fraction of sp³-hybridized carbons (Fsp3) is 0.375. The summed E-state index contributed by atoms with van der Waals surface area (Å²) in [6.07, 6.45) is 0. The van der Waals surface area contributed by atoms with Crippen molar-refractivity contribution in [3.63, 3.8) is 0 Å². The molecular weight excluding hydrogens is 272 g/mol. The Morgan fingerprint density at radius 3 is 2.60 bits per heavy atom. The Kier molecular flexibility index (Phi) is 4.61. The number of rotatable bonds is 5. The smallest absolute Gasteiger partial charge is 0.139 e. The van der Waals surface area contributed by atoms with E-state index in [0.717, 1.165) is 18.8 Å². The number of halogens is 1. The lowest BCUT2D eigenvalue weighted by Crippen LogP contribution is -2.03. The summed E-state index contributed by atoms with van der Waals surface area (Å²) in [4.78, 5) is 0. The van der Waals surface area contributed by atoms with Crippen LogP contribution in [0.25, 0.3) is 0 Å². The Bertz CT molecular complexity index is 605. The minimum absolute atomic E-state index is 0.627. The second-order valence-electron chi connectivity index (χ2n) is 4.84. The van der Waals surface area contributed by atoms with Crippen LogP contribution < -0.4 is 10.1 Å². The monoisotopic (exact) mass is 292 g/mol. The van der Waals surface area contributed by atoms with Crippen molar-refractivity contribution < 1.29 is 4.74 Å².